The number of aryl methyl sites for hydroxylation is 1. The predicted octanol–water partition coefficient (Wildman–Crippen LogP) is 13.2. The second kappa shape index (κ2) is 44.4. The van der Waals surface area contributed by atoms with Crippen LogP contribution in [-0.2, 0) is 46.4 Å². The molecule has 0 spiro atoms. The van der Waals surface area contributed by atoms with Crippen molar-refractivity contribution in [2.24, 2.45) is 37.7 Å². The molecule has 29 nitrogen and oxygen atoms in total. The van der Waals surface area contributed by atoms with Crippen molar-refractivity contribution >= 4 is 92.7 Å². The third-order valence-electron chi connectivity index (χ3n) is 24.5. The molecule has 0 unspecified atom stereocenters. The van der Waals surface area contributed by atoms with Gasteiger partial charge in [-0.2, -0.15) is 21.0 Å². The fraction of sp³-hybridized carbons (Fsp3) is 0.423. The van der Waals surface area contributed by atoms with Gasteiger partial charge in [-0.3, -0.25) is 4.79 Å². The smallest absolute Gasteiger partial charge is 0.351 e. The normalized spacial score (nSPS) is 19.7. The Morgan fingerprint density at radius 3 is 1.35 bits per heavy atom. The summed E-state index contributed by atoms with van der Waals surface area (Å²) in [6.07, 6.45) is 17.7. The number of nitriles is 4. The van der Waals surface area contributed by atoms with Gasteiger partial charge in [0.15, 0.2) is 35.7 Å². The molecule has 0 atom stereocenters. The minimum atomic E-state index is -0.576. The predicted molar refractivity (Wildman–Crippen MR) is 487 cm³/mol. The molecule has 7 fully saturated rings. The molecule has 0 bridgehead atoms. The zero-order chi connectivity index (χ0) is 87.5. The van der Waals surface area contributed by atoms with Gasteiger partial charge in [0, 0.05) is 145 Å². The zero-order valence-corrected chi connectivity index (χ0v) is 72.0. The van der Waals surface area contributed by atoms with Gasteiger partial charge < -0.3 is 76.3 Å². The quantitative estimate of drug-likeness (QED) is 0.0165. The zero-order valence-electron chi connectivity index (χ0n) is 72.0. The second-order valence-electron chi connectivity index (χ2n) is 33.2. The minimum Gasteiger partial charge on any atom is -0.461 e. The summed E-state index contributed by atoms with van der Waals surface area (Å²) in [6.45, 7) is 16.1. The van der Waals surface area contributed by atoms with Crippen molar-refractivity contribution in [1.82, 2.24) is 46.2 Å². The van der Waals surface area contributed by atoms with Gasteiger partial charge in [-0.1, -0.05) is 149 Å². The number of hydrogen-bond donors (Lipinski definition) is 8. The molecule has 0 radical (unpaired) electrons. The van der Waals surface area contributed by atoms with E-state index in [1.807, 2.05) is 122 Å². The summed E-state index contributed by atoms with van der Waals surface area (Å²) in [6, 6.07) is 53.1. The largest absolute Gasteiger partial charge is 0.461 e. The first-order valence-electron chi connectivity index (χ1n) is 44.5. The molecule has 8 N–H and O–H groups in total. The SMILES string of the molecule is C[N+](=O)c1ccc2c(c1)N=C(N1CCNCC1)/C(=C(\C#N)C(=O)OCC1CCCCC1)C2.Cc1cccc2c1N=C(N1CCNCC1)/C(=C(\C#N)C(=O)OCC1CCCCC1)N2.N#C/C(C(=O)NCc1ccccc1)=C1/Nc2ccccc2N=C1N1CCNCC1.N#C/C(C(=O)OCC1CCCCC1)=C1/Nc2ccc(-c3ccccc3)cc2N=C1N1CCNCC1. The molecular weight excluding hydrogens is 1590 g/mol. The summed E-state index contributed by atoms with van der Waals surface area (Å²) >= 11 is 0. The lowest BCUT2D eigenvalue weighted by Crippen LogP contribution is -2.48. The summed E-state index contributed by atoms with van der Waals surface area (Å²) in [5.41, 5.74) is 13.1. The standard InChI is InChI=1S/C28H31N5O2.C24H30N5O3.C23H29N5O2.C22H22N6O/c29-18-23(28(34)35-19-20-7-3-1-4-8-20)26-27(33-15-13-30-14-16-33)32-25-17-22(11-12-24(25)31-26)21-9-5-2-6-10-21;1-28(31)19-8-7-18-13-20(23(27-22(18)14-19)29-11-9-26-10-12-29)21(15-25)24(30)32-16-17-5-3-2-4-6-17;1-16-6-5-9-19-20(16)27-22(28-12-10-25-11-13-28)21(26-19)18(14-24)23(29)30-15-17-7-3-2-4-8-17;23-14-17(22(29)25-15-16-6-2-1-3-7-16)20-21(28-12-10-24-11-13-28)27-19-9-5-4-8-18(19)26-20/h2,5-6,9-12,17,20,30-31H,1,3-4,7-8,13-16,19H2;7-8,14,17,26H,2-6,9-13,16H2,1H3;5-6,9,17,25-26H,2-4,7-8,10-13,15H2,1H3;1-9,24,26H,10-13,15H2,(H,25,29)/q;+1;;/b26-23-;21-20+;21-18-;20-17-. The van der Waals surface area contributed by atoms with Crippen molar-refractivity contribution in [3.63, 3.8) is 0 Å². The van der Waals surface area contributed by atoms with E-state index in [4.69, 9.17) is 34.2 Å². The number of benzene rings is 6. The molecule has 11 aliphatic rings. The van der Waals surface area contributed by atoms with Crippen molar-refractivity contribution in [2.75, 3.05) is 148 Å². The number of fused-ring (bicyclic) bond motifs is 4. The average Bonchev–Trinajstić information content (AvgIpc) is 0.759. The molecule has 3 saturated carbocycles. The lowest BCUT2D eigenvalue weighted by atomic mass is 9.90. The lowest BCUT2D eigenvalue weighted by Gasteiger charge is -2.34. The third kappa shape index (κ3) is 22.9. The molecule has 8 aliphatic heterocycles. The number of ether oxygens (including phenoxy) is 3. The highest BCUT2D eigenvalue weighted by Crippen LogP contribution is 2.41. The molecule has 1 amide bonds. The van der Waals surface area contributed by atoms with Gasteiger partial charge >= 0.3 is 17.9 Å². The van der Waals surface area contributed by atoms with Crippen LogP contribution in [0.25, 0.3) is 11.1 Å². The van der Waals surface area contributed by atoms with Gasteiger partial charge in [0.05, 0.1) is 59.6 Å². The Bertz CT molecular complexity index is 5390. The minimum absolute atomic E-state index is 0.00440. The maximum absolute atomic E-state index is 13.1. The van der Waals surface area contributed by atoms with Crippen LogP contribution in [0.5, 0.6) is 0 Å². The molecular formula is C97H112N21O8+. The first kappa shape index (κ1) is 89.1. The van der Waals surface area contributed by atoms with E-state index >= 15 is 0 Å². The molecule has 8 heterocycles. The van der Waals surface area contributed by atoms with Crippen LogP contribution >= 0.6 is 0 Å². The molecule has 0 aromatic heterocycles. The van der Waals surface area contributed by atoms with Crippen LogP contribution in [0.4, 0.5) is 45.5 Å². The Hall–Kier alpha value is -13.2. The van der Waals surface area contributed by atoms with E-state index in [1.54, 1.807) is 12.1 Å². The first-order valence-corrected chi connectivity index (χ1v) is 44.5. The van der Waals surface area contributed by atoms with Crippen molar-refractivity contribution in [3.8, 4) is 35.4 Å². The van der Waals surface area contributed by atoms with Crippen LogP contribution in [0.1, 0.15) is 113 Å². The number of aliphatic imine (C=N–C) groups is 4. The monoisotopic (exact) mass is 1700 g/mol. The van der Waals surface area contributed by atoms with E-state index in [0.29, 0.717) is 108 Å². The van der Waals surface area contributed by atoms with Crippen LogP contribution in [0, 0.1) is 74.9 Å². The number of rotatable bonds is 14. The van der Waals surface area contributed by atoms with Gasteiger partial charge in [0.2, 0.25) is 0 Å². The lowest BCUT2D eigenvalue weighted by molar-refractivity contribution is -0.428. The Balaban J connectivity index is 0.000000137. The van der Waals surface area contributed by atoms with Gasteiger partial charge in [-0.05, 0) is 127 Å². The molecule has 6 aromatic rings. The highest BCUT2D eigenvalue weighted by molar-refractivity contribution is 6.16. The first-order chi connectivity index (χ1) is 61.7. The summed E-state index contributed by atoms with van der Waals surface area (Å²) in [7, 11) is 1.45. The maximum atomic E-state index is 13.1. The van der Waals surface area contributed by atoms with Crippen LogP contribution in [0.3, 0.4) is 0 Å². The fourth-order valence-corrected chi connectivity index (χ4v) is 17.4. The third-order valence-corrected chi connectivity index (χ3v) is 24.5. The maximum Gasteiger partial charge on any atom is 0.351 e. The Kier molecular flexibility index (Phi) is 31.4. The van der Waals surface area contributed by atoms with E-state index in [-0.39, 0.29) is 22.3 Å². The highest BCUT2D eigenvalue weighted by atomic mass is 16.5. The van der Waals surface area contributed by atoms with Crippen molar-refractivity contribution in [2.45, 2.75) is 116 Å². The second-order valence-corrected chi connectivity index (χ2v) is 33.2. The van der Waals surface area contributed by atoms with E-state index in [1.165, 1.54) is 64.8 Å². The summed E-state index contributed by atoms with van der Waals surface area (Å²) in [5, 5.41) is 65.7. The number of amides is 1. The highest BCUT2D eigenvalue weighted by Gasteiger charge is 2.36. The number of nitrogens with one attached hydrogen (secondary N) is 8. The number of para-hydroxylation sites is 3. The number of carbonyl (C=O) groups excluding carboxylic acids is 4. The van der Waals surface area contributed by atoms with Crippen molar-refractivity contribution < 1.29 is 38.1 Å². The average molecular weight is 1700 g/mol. The number of nitrogens with zero attached hydrogens (tertiary/aromatic N) is 13. The summed E-state index contributed by atoms with van der Waals surface area (Å²) in [5.74, 6) is 1.58. The molecule has 652 valence electrons. The van der Waals surface area contributed by atoms with E-state index in [9.17, 15) is 45.1 Å². The fourth-order valence-electron chi connectivity index (χ4n) is 17.4. The molecule has 4 saturated heterocycles. The summed E-state index contributed by atoms with van der Waals surface area (Å²) in [4.78, 5) is 91.5. The van der Waals surface area contributed by atoms with Crippen LogP contribution < -0.4 is 42.5 Å². The number of anilines is 3. The number of carbonyl (C=O) groups is 4. The van der Waals surface area contributed by atoms with Gasteiger partial charge in [0.25, 0.3) is 11.6 Å². The molecule has 126 heavy (non-hydrogen) atoms. The summed E-state index contributed by atoms with van der Waals surface area (Å²) < 4.78 is 17.6. The Labute approximate surface area is 737 Å². The Morgan fingerprint density at radius 1 is 0.429 bits per heavy atom. The van der Waals surface area contributed by atoms with E-state index in [2.05, 4.69) is 98.5 Å². The Morgan fingerprint density at radius 2 is 0.849 bits per heavy atom. The van der Waals surface area contributed by atoms with E-state index in [0.717, 1.165) is 210 Å². The molecule has 6 aromatic carbocycles. The van der Waals surface area contributed by atoms with Gasteiger partial charge in [-0.25, -0.2) is 34.4 Å². The van der Waals surface area contributed by atoms with Gasteiger partial charge in [0.1, 0.15) is 58.3 Å². The molecule has 17 rings (SSSR count). The van der Waals surface area contributed by atoms with Crippen molar-refractivity contribution in [3.05, 3.63) is 206 Å². The van der Waals surface area contributed by atoms with Crippen LogP contribution in [-0.4, -0.2) is 203 Å². The number of piperazine rings is 4. The number of hydrogen-bond acceptors (Lipinski definition) is 27. The number of esters is 3. The van der Waals surface area contributed by atoms with Crippen LogP contribution in [0.2, 0.25) is 0 Å². The molecule has 3 aliphatic carbocycles. The van der Waals surface area contributed by atoms with E-state index < -0.39 is 23.8 Å². The van der Waals surface area contributed by atoms with Gasteiger partial charge in [-0.15, -0.1) is 0 Å². The van der Waals surface area contributed by atoms with Crippen LogP contribution in [0.15, 0.2) is 204 Å². The van der Waals surface area contributed by atoms with Crippen molar-refractivity contribution in [1.29, 1.82) is 21.0 Å². The topological polar surface area (TPSA) is 370 Å². The number of amidine groups is 4. The number of nitroso groups, excluding NO2 is 1. The molecule has 29 heteroatoms.